The van der Waals surface area contributed by atoms with Gasteiger partial charge in [0.2, 0.25) is 0 Å². The van der Waals surface area contributed by atoms with E-state index in [2.05, 4.69) is 64.1 Å². The summed E-state index contributed by atoms with van der Waals surface area (Å²) >= 11 is 0. The van der Waals surface area contributed by atoms with Crippen molar-refractivity contribution in [1.29, 1.82) is 0 Å². The summed E-state index contributed by atoms with van der Waals surface area (Å²) in [7, 11) is 6.15. The van der Waals surface area contributed by atoms with Crippen LogP contribution >= 0.6 is 0 Å². The van der Waals surface area contributed by atoms with Gasteiger partial charge in [-0.25, -0.2) is 0 Å². The van der Waals surface area contributed by atoms with Gasteiger partial charge in [0.1, 0.15) is 5.84 Å². The summed E-state index contributed by atoms with van der Waals surface area (Å²) in [5.41, 5.74) is 1.22. The lowest BCUT2D eigenvalue weighted by Gasteiger charge is -2.37. The number of benzene rings is 1. The molecule has 1 aromatic carbocycles. The third-order valence-corrected chi connectivity index (χ3v) is 3.78. The second-order valence-electron chi connectivity index (χ2n) is 5.55. The Kier molecular flexibility index (Phi) is 5.56. The Labute approximate surface area is 122 Å². The molecule has 1 fully saturated rings. The van der Waals surface area contributed by atoms with Crippen LogP contribution in [0.5, 0.6) is 0 Å². The molecule has 0 atom stereocenters. The normalized spacial score (nSPS) is 17.8. The number of piperazine rings is 1. The summed E-state index contributed by atoms with van der Waals surface area (Å²) in [5, 5.41) is 0. The molecule has 0 aliphatic carbocycles. The minimum absolute atomic E-state index is 1.06. The van der Waals surface area contributed by atoms with Gasteiger partial charge in [-0.2, -0.15) is 0 Å². The molecule has 1 saturated heterocycles. The van der Waals surface area contributed by atoms with Crippen molar-refractivity contribution >= 4 is 5.84 Å². The van der Waals surface area contributed by atoms with Gasteiger partial charge in [-0.3, -0.25) is 9.89 Å². The average Bonchev–Trinajstić information content (AvgIpc) is 2.48. The monoisotopic (exact) mass is 274 g/mol. The Bertz CT molecular complexity index is 419. The van der Waals surface area contributed by atoms with Crippen molar-refractivity contribution < 1.29 is 0 Å². The molecule has 0 N–H and O–H groups in total. The summed E-state index contributed by atoms with van der Waals surface area (Å²) in [6.07, 6.45) is 0. The molecule has 0 saturated carbocycles. The molecule has 2 rings (SSSR count). The average molecular weight is 274 g/mol. The maximum Gasteiger partial charge on any atom is 0.130 e. The van der Waals surface area contributed by atoms with Crippen LogP contribution in [0.4, 0.5) is 0 Å². The van der Waals surface area contributed by atoms with Crippen molar-refractivity contribution in [3.63, 3.8) is 0 Å². The van der Waals surface area contributed by atoms with E-state index >= 15 is 0 Å². The van der Waals surface area contributed by atoms with E-state index in [4.69, 9.17) is 0 Å². The lowest BCUT2D eigenvalue weighted by molar-refractivity contribution is 0.169. The van der Waals surface area contributed by atoms with E-state index in [1.807, 2.05) is 7.05 Å². The molecular weight excluding hydrogens is 248 g/mol. The highest BCUT2D eigenvalue weighted by atomic mass is 15.3. The largest absolute Gasteiger partial charge is 0.354 e. The Morgan fingerprint density at radius 1 is 1.10 bits per heavy atom. The molecule has 1 aliphatic heterocycles. The fraction of sp³-hybridized carbons (Fsp3) is 0.562. The summed E-state index contributed by atoms with van der Waals surface area (Å²) < 4.78 is 0. The zero-order valence-corrected chi connectivity index (χ0v) is 12.9. The van der Waals surface area contributed by atoms with E-state index in [1.165, 1.54) is 5.56 Å². The molecule has 0 unspecified atom stereocenters. The number of rotatable bonds is 4. The van der Waals surface area contributed by atoms with Gasteiger partial charge < -0.3 is 9.80 Å². The minimum atomic E-state index is 1.06. The number of nitrogens with zero attached hydrogens (tertiary/aromatic N) is 4. The van der Waals surface area contributed by atoms with Crippen molar-refractivity contribution in [2.75, 3.05) is 60.4 Å². The first-order valence-electron chi connectivity index (χ1n) is 7.35. The SMILES string of the molecule is CN=C(c1ccccc1)N1CCN(CCN(C)C)CC1. The Hall–Kier alpha value is -1.39. The van der Waals surface area contributed by atoms with Crippen LogP contribution in [0.1, 0.15) is 5.56 Å². The smallest absolute Gasteiger partial charge is 0.130 e. The zero-order valence-electron chi connectivity index (χ0n) is 12.9. The third kappa shape index (κ3) is 4.05. The van der Waals surface area contributed by atoms with Crippen LogP contribution in [0.25, 0.3) is 0 Å². The maximum atomic E-state index is 4.50. The molecule has 4 heteroatoms. The van der Waals surface area contributed by atoms with Gasteiger partial charge >= 0.3 is 0 Å². The molecule has 1 heterocycles. The highest BCUT2D eigenvalue weighted by Crippen LogP contribution is 2.09. The van der Waals surface area contributed by atoms with Crippen LogP contribution in [0.2, 0.25) is 0 Å². The maximum absolute atomic E-state index is 4.50. The Morgan fingerprint density at radius 2 is 1.75 bits per heavy atom. The quantitative estimate of drug-likeness (QED) is 0.609. The summed E-state index contributed by atoms with van der Waals surface area (Å²) in [5.74, 6) is 1.12. The summed E-state index contributed by atoms with van der Waals surface area (Å²) in [6, 6.07) is 10.5. The summed E-state index contributed by atoms with van der Waals surface area (Å²) in [4.78, 5) is 11.7. The minimum Gasteiger partial charge on any atom is -0.354 e. The first-order valence-corrected chi connectivity index (χ1v) is 7.35. The topological polar surface area (TPSA) is 22.1 Å². The fourth-order valence-electron chi connectivity index (χ4n) is 2.57. The highest BCUT2D eigenvalue weighted by molar-refractivity contribution is 5.98. The number of amidine groups is 1. The predicted molar refractivity (Wildman–Crippen MR) is 85.5 cm³/mol. The van der Waals surface area contributed by atoms with E-state index in [1.54, 1.807) is 0 Å². The fourth-order valence-corrected chi connectivity index (χ4v) is 2.57. The van der Waals surface area contributed by atoms with Crippen LogP contribution in [0, 0.1) is 0 Å². The number of aliphatic imine (C=N–C) groups is 1. The van der Waals surface area contributed by atoms with E-state index in [-0.39, 0.29) is 0 Å². The number of hydrogen-bond acceptors (Lipinski definition) is 3. The first kappa shape index (κ1) is 15.0. The molecule has 0 radical (unpaired) electrons. The van der Waals surface area contributed by atoms with Crippen LogP contribution < -0.4 is 0 Å². The molecule has 110 valence electrons. The van der Waals surface area contributed by atoms with Gasteiger partial charge in [-0.15, -0.1) is 0 Å². The summed E-state index contributed by atoms with van der Waals surface area (Å²) in [6.45, 7) is 6.67. The van der Waals surface area contributed by atoms with Gasteiger partial charge in [-0.1, -0.05) is 30.3 Å². The molecule has 20 heavy (non-hydrogen) atoms. The van der Waals surface area contributed by atoms with Crippen molar-refractivity contribution in [2.24, 2.45) is 4.99 Å². The van der Waals surface area contributed by atoms with Crippen LogP contribution in [0.3, 0.4) is 0 Å². The molecule has 0 amide bonds. The lowest BCUT2D eigenvalue weighted by Crippen LogP contribution is -2.50. The lowest BCUT2D eigenvalue weighted by atomic mass is 10.1. The Balaban J connectivity index is 1.89. The second kappa shape index (κ2) is 7.41. The second-order valence-corrected chi connectivity index (χ2v) is 5.55. The van der Waals surface area contributed by atoms with Gasteiger partial charge in [0.15, 0.2) is 0 Å². The van der Waals surface area contributed by atoms with Crippen molar-refractivity contribution in [3.8, 4) is 0 Å². The molecule has 0 aromatic heterocycles. The van der Waals surface area contributed by atoms with Crippen LogP contribution in [0.15, 0.2) is 35.3 Å². The van der Waals surface area contributed by atoms with Crippen LogP contribution in [-0.2, 0) is 0 Å². The number of hydrogen-bond donors (Lipinski definition) is 0. The Morgan fingerprint density at radius 3 is 2.30 bits per heavy atom. The third-order valence-electron chi connectivity index (χ3n) is 3.78. The highest BCUT2D eigenvalue weighted by Gasteiger charge is 2.20. The van der Waals surface area contributed by atoms with E-state index < -0.39 is 0 Å². The molecular formula is C16H26N4. The standard InChI is InChI=1S/C16H26N4/c1-17-16(15-7-5-4-6-8-15)20-13-11-19(12-14-20)10-9-18(2)3/h4-8H,9-14H2,1-3H3. The van der Waals surface area contributed by atoms with Gasteiger partial charge in [-0.05, 0) is 14.1 Å². The van der Waals surface area contributed by atoms with E-state index in [9.17, 15) is 0 Å². The number of likely N-dealkylation sites (N-methyl/N-ethyl adjacent to an activating group) is 1. The van der Waals surface area contributed by atoms with Crippen molar-refractivity contribution in [2.45, 2.75) is 0 Å². The van der Waals surface area contributed by atoms with Crippen molar-refractivity contribution in [3.05, 3.63) is 35.9 Å². The van der Waals surface area contributed by atoms with Gasteiger partial charge in [0.25, 0.3) is 0 Å². The van der Waals surface area contributed by atoms with Gasteiger partial charge in [0, 0.05) is 51.9 Å². The molecule has 0 bridgehead atoms. The van der Waals surface area contributed by atoms with Crippen LogP contribution in [-0.4, -0.2) is 80.9 Å². The molecule has 1 aromatic rings. The van der Waals surface area contributed by atoms with Gasteiger partial charge in [0.05, 0.1) is 0 Å². The molecule has 1 aliphatic rings. The predicted octanol–water partition coefficient (Wildman–Crippen LogP) is 1.24. The molecule has 0 spiro atoms. The van der Waals surface area contributed by atoms with E-state index in [0.717, 1.165) is 45.1 Å². The zero-order chi connectivity index (χ0) is 14.4. The first-order chi connectivity index (χ1) is 9.70. The molecule has 4 nitrogen and oxygen atoms in total. The van der Waals surface area contributed by atoms with Crippen molar-refractivity contribution in [1.82, 2.24) is 14.7 Å². The van der Waals surface area contributed by atoms with E-state index in [0.29, 0.717) is 0 Å².